The number of carbonyl (C=O) groups excluding carboxylic acids is 2. The summed E-state index contributed by atoms with van der Waals surface area (Å²) >= 11 is 0. The maximum atomic E-state index is 14.3. The summed E-state index contributed by atoms with van der Waals surface area (Å²) in [5, 5.41) is 25.1. The van der Waals surface area contributed by atoms with Gasteiger partial charge in [0.25, 0.3) is 0 Å². The van der Waals surface area contributed by atoms with Gasteiger partial charge in [-0.2, -0.15) is 0 Å². The molecular weight excluding hydrogens is 528 g/mol. The molecule has 3 amide bonds. The summed E-state index contributed by atoms with van der Waals surface area (Å²) in [5.74, 6) is 0.0366. The molecule has 6 atom stereocenters. The van der Waals surface area contributed by atoms with E-state index in [1.807, 2.05) is 44.2 Å². The van der Waals surface area contributed by atoms with Crippen LogP contribution in [-0.4, -0.2) is 28.1 Å². The van der Waals surface area contributed by atoms with E-state index in [9.17, 15) is 24.6 Å². The van der Waals surface area contributed by atoms with Gasteiger partial charge in [-0.3, -0.25) is 20.2 Å². The molecule has 0 aliphatic heterocycles. The topological polar surface area (TPSA) is 116 Å². The van der Waals surface area contributed by atoms with Crippen molar-refractivity contribution in [3.05, 3.63) is 58.7 Å². The number of rotatable bonds is 3. The van der Waals surface area contributed by atoms with Crippen LogP contribution in [0.25, 0.3) is 0 Å². The van der Waals surface area contributed by atoms with Crippen molar-refractivity contribution < 1.29 is 24.6 Å². The van der Waals surface area contributed by atoms with Gasteiger partial charge in [0.05, 0.1) is 10.8 Å². The second kappa shape index (κ2) is 9.85. The van der Waals surface area contributed by atoms with E-state index >= 15 is 0 Å². The molecule has 2 aromatic carbocycles. The van der Waals surface area contributed by atoms with Crippen molar-refractivity contribution in [3.8, 4) is 5.75 Å². The van der Waals surface area contributed by atoms with E-state index in [4.69, 9.17) is 0 Å². The van der Waals surface area contributed by atoms with Gasteiger partial charge in [0.15, 0.2) is 0 Å². The number of carboxylic acid groups (broad SMARTS) is 1. The summed E-state index contributed by atoms with van der Waals surface area (Å²) in [6.07, 6.45) is 7.42. The highest BCUT2D eigenvalue weighted by Crippen LogP contribution is 2.59. The summed E-state index contributed by atoms with van der Waals surface area (Å²) in [7, 11) is 0. The number of phenolic OH excluding ortho intramolecular Hbond substituents is 1. The predicted octanol–water partition coefficient (Wildman–Crippen LogP) is 6.85. The molecule has 7 heteroatoms. The van der Waals surface area contributed by atoms with Crippen LogP contribution in [0.3, 0.4) is 0 Å². The average Bonchev–Trinajstić information content (AvgIpc) is 2.93. The maximum absolute atomic E-state index is 14.3. The Morgan fingerprint density at radius 2 is 1.24 bits per heavy atom. The van der Waals surface area contributed by atoms with E-state index in [0.717, 1.165) is 75.3 Å². The number of nitrogens with one attached hydrogen (secondary N) is 2. The van der Waals surface area contributed by atoms with Gasteiger partial charge in [0, 0.05) is 5.69 Å². The van der Waals surface area contributed by atoms with E-state index in [1.54, 1.807) is 6.07 Å². The molecule has 2 aromatic rings. The molecule has 2 saturated carbocycles. The highest BCUT2D eigenvalue weighted by molar-refractivity contribution is 6.01. The zero-order valence-corrected chi connectivity index (χ0v) is 25.3. The highest BCUT2D eigenvalue weighted by Gasteiger charge is 2.58. The van der Waals surface area contributed by atoms with E-state index in [1.165, 1.54) is 11.1 Å². The smallest absolute Gasteiger partial charge is 0.409 e. The molecule has 0 bridgehead atoms. The zero-order valence-electron chi connectivity index (χ0n) is 25.3. The number of aryl methyl sites for hydroxylation is 2. The molecule has 0 heterocycles. The quantitative estimate of drug-likeness (QED) is 0.300. The lowest BCUT2D eigenvalue weighted by atomic mass is 9.49. The summed E-state index contributed by atoms with van der Waals surface area (Å²) in [6, 6.07) is 11.4. The first kappa shape index (κ1) is 28.8. The van der Waals surface area contributed by atoms with Crippen LogP contribution in [0.1, 0.15) is 101 Å². The predicted molar refractivity (Wildman–Crippen MR) is 162 cm³/mol. The molecule has 2 fully saturated rings. The maximum Gasteiger partial charge on any atom is 0.409 e. The fourth-order valence-corrected chi connectivity index (χ4v) is 10.0. The van der Waals surface area contributed by atoms with Gasteiger partial charge in [0.2, 0.25) is 11.8 Å². The molecule has 224 valence electrons. The number of aromatic hydroxyl groups is 1. The SMILES string of the molecule is C[C@]1(C(=O)NC(=O)[C@@]2(C)CCC[C@]3(C)c4cc(NC(=O)O)ccc4CC[C@@H]23)CCC[C@]2(C)c3cc(O)ccc3CC[C@@H]12. The Hall–Kier alpha value is -3.35. The third-order valence-electron chi connectivity index (χ3n) is 12.2. The molecule has 4 N–H and O–H groups in total. The molecule has 0 spiro atoms. The Morgan fingerprint density at radius 3 is 1.76 bits per heavy atom. The minimum absolute atomic E-state index is 0.0353. The average molecular weight is 573 g/mol. The van der Waals surface area contributed by atoms with E-state index in [2.05, 4.69) is 24.5 Å². The zero-order chi connectivity index (χ0) is 30.1. The van der Waals surface area contributed by atoms with Crippen molar-refractivity contribution >= 4 is 23.6 Å². The van der Waals surface area contributed by atoms with Gasteiger partial charge in [0.1, 0.15) is 5.75 Å². The van der Waals surface area contributed by atoms with Crippen LogP contribution >= 0.6 is 0 Å². The number of benzene rings is 2. The number of anilines is 1. The number of hydrogen-bond donors (Lipinski definition) is 4. The molecule has 0 saturated heterocycles. The third kappa shape index (κ3) is 4.25. The van der Waals surface area contributed by atoms with Crippen LogP contribution in [0.15, 0.2) is 36.4 Å². The molecule has 4 aliphatic rings. The van der Waals surface area contributed by atoms with Gasteiger partial charge in [-0.15, -0.1) is 0 Å². The lowest BCUT2D eigenvalue weighted by Crippen LogP contribution is -2.60. The van der Waals surface area contributed by atoms with Crippen molar-refractivity contribution in [2.24, 2.45) is 22.7 Å². The van der Waals surface area contributed by atoms with Crippen molar-refractivity contribution in [1.29, 1.82) is 0 Å². The van der Waals surface area contributed by atoms with Crippen molar-refractivity contribution in [1.82, 2.24) is 5.32 Å². The van der Waals surface area contributed by atoms with Gasteiger partial charge in [-0.05, 0) is 121 Å². The number of carbonyl (C=O) groups is 3. The van der Waals surface area contributed by atoms with Crippen LogP contribution in [0, 0.1) is 22.7 Å². The molecule has 42 heavy (non-hydrogen) atoms. The Morgan fingerprint density at radius 1 is 0.738 bits per heavy atom. The van der Waals surface area contributed by atoms with Gasteiger partial charge >= 0.3 is 6.09 Å². The Balaban J connectivity index is 1.27. The number of hydrogen-bond acceptors (Lipinski definition) is 4. The van der Waals surface area contributed by atoms with E-state index < -0.39 is 16.9 Å². The fourth-order valence-electron chi connectivity index (χ4n) is 10.0. The lowest BCUT2D eigenvalue weighted by molar-refractivity contribution is -0.150. The standard InChI is InChI=1S/C35H44N2O5/c1-32-15-5-17-34(3,27(32)13-9-21-7-11-23(19-25(21)32)36-31(41)42)29(39)37-30(40)35(4)18-6-16-33(2)26-20-24(38)12-8-22(26)10-14-28(33)35/h7-8,11-12,19-20,27-28,36,38H,5-6,9-10,13-18H2,1-4H3,(H,41,42)(H,37,39,40)/t27-,28-,32-,33-,34+,35+/m1/s1. The number of fused-ring (bicyclic) bond motifs is 6. The van der Waals surface area contributed by atoms with Gasteiger partial charge in [-0.1, -0.05) is 52.7 Å². The summed E-state index contributed by atoms with van der Waals surface area (Å²) in [4.78, 5) is 39.8. The summed E-state index contributed by atoms with van der Waals surface area (Å²) < 4.78 is 0. The van der Waals surface area contributed by atoms with Crippen molar-refractivity contribution in [2.75, 3.05) is 5.32 Å². The van der Waals surface area contributed by atoms with Crippen LogP contribution in [0.5, 0.6) is 5.75 Å². The minimum atomic E-state index is -1.09. The van der Waals surface area contributed by atoms with Gasteiger partial charge < -0.3 is 10.2 Å². The Labute approximate surface area is 248 Å². The third-order valence-corrected chi connectivity index (χ3v) is 12.2. The number of imide groups is 1. The largest absolute Gasteiger partial charge is 0.508 e. The van der Waals surface area contributed by atoms with Crippen LogP contribution in [0.4, 0.5) is 10.5 Å². The van der Waals surface area contributed by atoms with Crippen molar-refractivity contribution in [3.63, 3.8) is 0 Å². The highest BCUT2D eigenvalue weighted by atomic mass is 16.4. The first-order valence-corrected chi connectivity index (χ1v) is 15.6. The second-order valence-corrected chi connectivity index (χ2v) is 14.5. The van der Waals surface area contributed by atoms with Crippen LogP contribution in [-0.2, 0) is 33.3 Å². The van der Waals surface area contributed by atoms with Gasteiger partial charge in [-0.25, -0.2) is 4.79 Å². The summed E-state index contributed by atoms with van der Waals surface area (Å²) in [6.45, 7) is 8.54. The first-order chi connectivity index (χ1) is 19.8. The Bertz CT molecular complexity index is 1470. The Kier molecular flexibility index (Phi) is 6.74. The fraction of sp³-hybridized carbons (Fsp3) is 0.571. The molecule has 7 nitrogen and oxygen atoms in total. The second-order valence-electron chi connectivity index (χ2n) is 14.5. The van der Waals surface area contributed by atoms with Crippen molar-refractivity contribution in [2.45, 2.75) is 103 Å². The first-order valence-electron chi connectivity index (χ1n) is 15.6. The van der Waals surface area contributed by atoms with Crippen LogP contribution in [0.2, 0.25) is 0 Å². The molecule has 0 radical (unpaired) electrons. The monoisotopic (exact) mass is 572 g/mol. The minimum Gasteiger partial charge on any atom is -0.508 e. The number of amides is 3. The molecule has 0 unspecified atom stereocenters. The van der Waals surface area contributed by atoms with E-state index in [-0.39, 0.29) is 40.2 Å². The molecule has 4 aliphatic carbocycles. The molecule has 0 aromatic heterocycles. The normalized spacial score (nSPS) is 35.0. The summed E-state index contributed by atoms with van der Waals surface area (Å²) in [5.41, 5.74) is 3.36. The van der Waals surface area contributed by atoms with Crippen LogP contribution < -0.4 is 10.6 Å². The molecule has 6 rings (SSSR count). The lowest BCUT2D eigenvalue weighted by Gasteiger charge is -2.56. The number of phenols is 1. The van der Waals surface area contributed by atoms with E-state index in [0.29, 0.717) is 5.69 Å². The molecular formula is C35H44N2O5.